The summed E-state index contributed by atoms with van der Waals surface area (Å²) in [7, 11) is 1.67. The van der Waals surface area contributed by atoms with Crippen LogP contribution in [0.5, 0.6) is 5.75 Å². The van der Waals surface area contributed by atoms with E-state index in [9.17, 15) is 5.11 Å². The van der Waals surface area contributed by atoms with Crippen molar-refractivity contribution in [2.75, 3.05) is 19.0 Å². The van der Waals surface area contributed by atoms with Crippen molar-refractivity contribution in [3.63, 3.8) is 0 Å². The van der Waals surface area contributed by atoms with E-state index >= 15 is 0 Å². The lowest BCUT2D eigenvalue weighted by Gasteiger charge is -2.12. The molecule has 0 heterocycles. The van der Waals surface area contributed by atoms with Crippen molar-refractivity contribution in [1.29, 1.82) is 0 Å². The molecule has 20 heavy (non-hydrogen) atoms. The lowest BCUT2D eigenvalue weighted by Crippen LogP contribution is -1.98. The predicted octanol–water partition coefficient (Wildman–Crippen LogP) is 3.77. The van der Waals surface area contributed by atoms with E-state index in [4.69, 9.17) is 4.74 Å². The molecule has 3 nitrogen and oxygen atoms in total. The highest BCUT2D eigenvalue weighted by Gasteiger charge is 2.08. The Morgan fingerprint density at radius 3 is 2.65 bits per heavy atom. The van der Waals surface area contributed by atoms with Gasteiger partial charge in [-0.2, -0.15) is 0 Å². The highest BCUT2D eigenvalue weighted by molar-refractivity contribution is 7.99. The Kier molecular flexibility index (Phi) is 5.32. The van der Waals surface area contributed by atoms with Crippen LogP contribution in [0, 0.1) is 0 Å². The maximum atomic E-state index is 9.54. The third-order valence-electron chi connectivity index (χ3n) is 2.90. The van der Waals surface area contributed by atoms with Crippen LogP contribution in [0.3, 0.4) is 0 Å². The monoisotopic (exact) mass is 289 g/mol. The maximum Gasteiger partial charge on any atom is 0.132 e. The van der Waals surface area contributed by atoms with Crippen LogP contribution in [0.15, 0.2) is 52.3 Å². The van der Waals surface area contributed by atoms with Crippen molar-refractivity contribution in [2.45, 2.75) is 23.3 Å². The van der Waals surface area contributed by atoms with Crippen LogP contribution in [-0.2, 0) is 6.61 Å². The Morgan fingerprint density at radius 2 is 1.95 bits per heavy atom. The van der Waals surface area contributed by atoms with Crippen LogP contribution in [0.4, 0.5) is 5.69 Å². The Balaban J connectivity index is 2.28. The van der Waals surface area contributed by atoms with Crippen LogP contribution in [0.25, 0.3) is 0 Å². The minimum Gasteiger partial charge on any atom is -0.496 e. The number of aliphatic hydroxyl groups is 1. The van der Waals surface area contributed by atoms with Crippen molar-refractivity contribution in [3.8, 4) is 5.75 Å². The summed E-state index contributed by atoms with van der Waals surface area (Å²) >= 11 is 1.60. The van der Waals surface area contributed by atoms with Crippen molar-refractivity contribution in [2.24, 2.45) is 0 Å². The van der Waals surface area contributed by atoms with Crippen LogP contribution < -0.4 is 10.1 Å². The molecule has 2 rings (SSSR count). The number of anilines is 1. The molecule has 2 aromatic carbocycles. The molecule has 0 aliphatic heterocycles. The van der Waals surface area contributed by atoms with Gasteiger partial charge in [-0.1, -0.05) is 23.9 Å². The van der Waals surface area contributed by atoms with Crippen LogP contribution in [0.1, 0.15) is 12.5 Å². The summed E-state index contributed by atoms with van der Waals surface area (Å²) in [6, 6.07) is 13.9. The lowest BCUT2D eigenvalue weighted by molar-refractivity contribution is 0.279. The van der Waals surface area contributed by atoms with Gasteiger partial charge in [-0.15, -0.1) is 0 Å². The first kappa shape index (κ1) is 14.8. The van der Waals surface area contributed by atoms with Gasteiger partial charge in [0, 0.05) is 17.1 Å². The van der Waals surface area contributed by atoms with Gasteiger partial charge in [0.15, 0.2) is 0 Å². The number of hydrogen-bond acceptors (Lipinski definition) is 4. The second kappa shape index (κ2) is 7.22. The molecule has 0 spiro atoms. The van der Waals surface area contributed by atoms with E-state index in [1.807, 2.05) is 42.5 Å². The molecule has 0 bridgehead atoms. The molecule has 2 N–H and O–H groups in total. The molecule has 0 fully saturated rings. The van der Waals surface area contributed by atoms with Crippen LogP contribution in [-0.4, -0.2) is 18.8 Å². The summed E-state index contributed by atoms with van der Waals surface area (Å²) in [6.07, 6.45) is 0. The Hall–Kier alpha value is -1.65. The van der Waals surface area contributed by atoms with Gasteiger partial charge in [-0.3, -0.25) is 0 Å². The van der Waals surface area contributed by atoms with E-state index in [2.05, 4.69) is 12.2 Å². The number of benzene rings is 2. The zero-order valence-corrected chi connectivity index (χ0v) is 12.5. The number of rotatable bonds is 6. The molecule has 4 heteroatoms. The van der Waals surface area contributed by atoms with Crippen molar-refractivity contribution < 1.29 is 9.84 Å². The van der Waals surface area contributed by atoms with Gasteiger partial charge in [0.2, 0.25) is 0 Å². The second-order valence-electron chi connectivity index (χ2n) is 4.26. The molecule has 0 radical (unpaired) electrons. The fraction of sp³-hybridized carbons (Fsp3) is 0.250. The Labute approximate surface area is 124 Å². The highest BCUT2D eigenvalue weighted by Crippen LogP contribution is 2.37. The van der Waals surface area contributed by atoms with Crippen LogP contribution >= 0.6 is 11.8 Å². The third kappa shape index (κ3) is 3.46. The van der Waals surface area contributed by atoms with Crippen LogP contribution in [0.2, 0.25) is 0 Å². The molecule has 0 aliphatic rings. The first-order valence-electron chi connectivity index (χ1n) is 6.57. The van der Waals surface area contributed by atoms with E-state index in [1.54, 1.807) is 18.9 Å². The number of methoxy groups -OCH3 is 1. The average Bonchev–Trinajstić information content (AvgIpc) is 2.49. The van der Waals surface area contributed by atoms with Gasteiger partial charge in [0.1, 0.15) is 5.75 Å². The molecule has 0 unspecified atom stereocenters. The molecule has 0 amide bonds. The standard InChI is InChI=1S/C16H19NO2S/c1-3-17-13-8-9-15(12(10-13)11-18)20-16-7-5-4-6-14(16)19-2/h4-10,17-18H,3,11H2,1-2H3. The van der Waals surface area contributed by atoms with E-state index in [1.165, 1.54) is 0 Å². The summed E-state index contributed by atoms with van der Waals surface area (Å²) < 4.78 is 5.36. The van der Waals surface area contributed by atoms with Gasteiger partial charge >= 0.3 is 0 Å². The molecule has 0 saturated heterocycles. The summed E-state index contributed by atoms with van der Waals surface area (Å²) in [6.45, 7) is 2.94. The number of aliphatic hydroxyl groups excluding tert-OH is 1. The number of hydrogen-bond donors (Lipinski definition) is 2. The normalized spacial score (nSPS) is 10.3. The van der Waals surface area contributed by atoms with E-state index in [0.29, 0.717) is 0 Å². The summed E-state index contributed by atoms with van der Waals surface area (Å²) in [5.74, 6) is 0.845. The van der Waals surface area contributed by atoms with Crippen molar-refractivity contribution in [1.82, 2.24) is 0 Å². The van der Waals surface area contributed by atoms with Crippen molar-refractivity contribution >= 4 is 17.4 Å². The quantitative estimate of drug-likeness (QED) is 0.849. The zero-order chi connectivity index (χ0) is 14.4. The second-order valence-corrected chi connectivity index (χ2v) is 5.35. The minimum atomic E-state index is 0.0245. The Morgan fingerprint density at radius 1 is 1.15 bits per heavy atom. The van der Waals surface area contributed by atoms with E-state index < -0.39 is 0 Å². The maximum absolute atomic E-state index is 9.54. The Bertz CT molecular complexity index is 572. The third-order valence-corrected chi connectivity index (χ3v) is 4.08. The predicted molar refractivity (Wildman–Crippen MR) is 83.6 cm³/mol. The van der Waals surface area contributed by atoms with Gasteiger partial charge in [-0.25, -0.2) is 0 Å². The number of para-hydroxylation sites is 1. The van der Waals surface area contributed by atoms with E-state index in [-0.39, 0.29) is 6.61 Å². The molecule has 0 atom stereocenters. The molecule has 0 aromatic heterocycles. The fourth-order valence-corrected chi connectivity index (χ4v) is 2.96. The van der Waals surface area contributed by atoms with Crippen molar-refractivity contribution in [3.05, 3.63) is 48.0 Å². The largest absolute Gasteiger partial charge is 0.496 e. The van der Waals surface area contributed by atoms with Gasteiger partial charge < -0.3 is 15.2 Å². The minimum absolute atomic E-state index is 0.0245. The lowest BCUT2D eigenvalue weighted by atomic mass is 10.2. The first-order chi connectivity index (χ1) is 9.78. The number of ether oxygens (including phenoxy) is 1. The topological polar surface area (TPSA) is 41.5 Å². The smallest absolute Gasteiger partial charge is 0.132 e. The summed E-state index contributed by atoms with van der Waals surface area (Å²) in [5.41, 5.74) is 1.94. The molecule has 106 valence electrons. The van der Waals surface area contributed by atoms with Gasteiger partial charge in [0.05, 0.1) is 18.6 Å². The first-order valence-corrected chi connectivity index (χ1v) is 7.38. The fourth-order valence-electron chi connectivity index (χ4n) is 1.94. The zero-order valence-electron chi connectivity index (χ0n) is 11.7. The summed E-state index contributed by atoms with van der Waals surface area (Å²) in [4.78, 5) is 2.08. The van der Waals surface area contributed by atoms with E-state index in [0.717, 1.165) is 33.3 Å². The van der Waals surface area contributed by atoms with Gasteiger partial charge in [0.25, 0.3) is 0 Å². The molecular formula is C16H19NO2S. The number of nitrogens with one attached hydrogen (secondary N) is 1. The molecular weight excluding hydrogens is 270 g/mol. The molecule has 2 aromatic rings. The molecule has 0 aliphatic carbocycles. The molecule has 0 saturated carbocycles. The SMILES string of the molecule is CCNc1ccc(Sc2ccccc2OC)c(CO)c1. The summed E-state index contributed by atoms with van der Waals surface area (Å²) in [5, 5.41) is 12.8. The highest BCUT2D eigenvalue weighted by atomic mass is 32.2. The average molecular weight is 289 g/mol. The van der Waals surface area contributed by atoms with Gasteiger partial charge in [-0.05, 0) is 42.8 Å².